The maximum atomic E-state index is 11.8. The zero-order valence-corrected chi connectivity index (χ0v) is 13.3. The Morgan fingerprint density at radius 1 is 1.33 bits per heavy atom. The fourth-order valence-electron chi connectivity index (χ4n) is 1.54. The second kappa shape index (κ2) is 6.93. The van der Waals surface area contributed by atoms with Crippen molar-refractivity contribution in [3.05, 3.63) is 24.0 Å². The first kappa shape index (κ1) is 16.8. The highest BCUT2D eigenvalue weighted by atomic mass is 16.6. The second-order valence-corrected chi connectivity index (χ2v) is 5.84. The summed E-state index contributed by atoms with van der Waals surface area (Å²) in [5.74, 6) is 0. The number of hydrogen-bond donors (Lipinski definition) is 0. The summed E-state index contributed by atoms with van der Waals surface area (Å²) in [6.45, 7) is 6.70. The van der Waals surface area contributed by atoms with Crippen LogP contribution in [0.1, 0.15) is 26.5 Å². The van der Waals surface area contributed by atoms with Gasteiger partial charge < -0.3 is 14.5 Å². The average Bonchev–Trinajstić information content (AvgIpc) is 2.42. The van der Waals surface area contributed by atoms with Gasteiger partial charge in [-0.05, 0) is 32.9 Å². The van der Waals surface area contributed by atoms with Crippen molar-refractivity contribution < 1.29 is 9.53 Å². The molecule has 0 atom stereocenters. The largest absolute Gasteiger partial charge is 0.444 e. The molecule has 6 nitrogen and oxygen atoms in total. The Hall–Kier alpha value is -2.29. The minimum absolute atomic E-state index is 0.339. The van der Waals surface area contributed by atoms with Crippen molar-refractivity contribution in [3.63, 3.8) is 0 Å². The van der Waals surface area contributed by atoms with Gasteiger partial charge in [0, 0.05) is 27.2 Å². The van der Waals surface area contributed by atoms with E-state index in [-0.39, 0.29) is 6.09 Å². The fraction of sp³-hybridized carbons (Fsp3) is 0.533. The molecular formula is C15H22N4O2. The van der Waals surface area contributed by atoms with E-state index >= 15 is 0 Å². The van der Waals surface area contributed by atoms with Crippen LogP contribution in [0.2, 0.25) is 0 Å². The molecule has 0 aliphatic carbocycles. The summed E-state index contributed by atoms with van der Waals surface area (Å²) in [6, 6.07) is 5.48. The van der Waals surface area contributed by atoms with Gasteiger partial charge in [-0.3, -0.25) is 0 Å². The molecular weight excluding hydrogens is 268 g/mol. The molecule has 0 saturated heterocycles. The third kappa shape index (κ3) is 5.69. The lowest BCUT2D eigenvalue weighted by Crippen LogP contribution is -2.38. The number of carbonyl (C=O) groups is 1. The van der Waals surface area contributed by atoms with Crippen LogP contribution >= 0.6 is 0 Å². The molecule has 0 unspecified atom stereocenters. The van der Waals surface area contributed by atoms with Gasteiger partial charge in [0.15, 0.2) is 0 Å². The minimum atomic E-state index is -0.492. The van der Waals surface area contributed by atoms with Crippen LogP contribution < -0.4 is 4.90 Å². The molecule has 0 fully saturated rings. The predicted octanol–water partition coefficient (Wildman–Crippen LogP) is 2.26. The van der Waals surface area contributed by atoms with E-state index < -0.39 is 5.60 Å². The lowest BCUT2D eigenvalue weighted by atomic mass is 10.2. The quantitative estimate of drug-likeness (QED) is 0.850. The van der Waals surface area contributed by atoms with E-state index in [0.29, 0.717) is 18.8 Å². The monoisotopic (exact) mass is 290 g/mol. The Labute approximate surface area is 125 Å². The van der Waals surface area contributed by atoms with Crippen molar-refractivity contribution in [2.24, 2.45) is 0 Å². The Morgan fingerprint density at radius 2 is 2.00 bits per heavy atom. The van der Waals surface area contributed by atoms with Gasteiger partial charge in [-0.25, -0.2) is 9.78 Å². The number of pyridine rings is 1. The predicted molar refractivity (Wildman–Crippen MR) is 81.1 cm³/mol. The first-order valence-electron chi connectivity index (χ1n) is 6.74. The number of rotatable bonds is 4. The molecule has 1 amide bonds. The third-order valence-electron chi connectivity index (χ3n) is 2.78. The van der Waals surface area contributed by atoms with Gasteiger partial charge in [0.1, 0.15) is 17.4 Å². The minimum Gasteiger partial charge on any atom is -0.444 e. The second-order valence-electron chi connectivity index (χ2n) is 5.84. The molecule has 114 valence electrons. The van der Waals surface area contributed by atoms with E-state index in [1.54, 1.807) is 24.2 Å². The van der Waals surface area contributed by atoms with E-state index in [0.717, 1.165) is 5.69 Å². The normalized spacial score (nSPS) is 10.7. The molecule has 0 N–H and O–H groups in total. The lowest BCUT2D eigenvalue weighted by Gasteiger charge is -2.26. The molecule has 0 radical (unpaired) electrons. The maximum absolute atomic E-state index is 11.8. The van der Waals surface area contributed by atoms with E-state index in [9.17, 15) is 4.79 Å². The van der Waals surface area contributed by atoms with Crippen molar-refractivity contribution in [2.75, 3.05) is 32.1 Å². The summed E-state index contributed by atoms with van der Waals surface area (Å²) < 4.78 is 5.29. The van der Waals surface area contributed by atoms with Crippen LogP contribution in [-0.2, 0) is 4.74 Å². The first-order valence-corrected chi connectivity index (χ1v) is 6.74. The van der Waals surface area contributed by atoms with Gasteiger partial charge in [-0.1, -0.05) is 0 Å². The number of hydrogen-bond acceptors (Lipinski definition) is 5. The highest BCUT2D eigenvalue weighted by molar-refractivity contribution is 5.67. The van der Waals surface area contributed by atoms with Crippen LogP contribution in [0, 0.1) is 11.3 Å². The molecule has 0 bridgehead atoms. The zero-order chi connectivity index (χ0) is 16.0. The van der Waals surface area contributed by atoms with Crippen molar-refractivity contribution in [2.45, 2.75) is 26.4 Å². The van der Waals surface area contributed by atoms with Gasteiger partial charge in [-0.2, -0.15) is 5.26 Å². The summed E-state index contributed by atoms with van der Waals surface area (Å²) in [5, 5.41) is 8.71. The van der Waals surface area contributed by atoms with Gasteiger partial charge in [0.25, 0.3) is 0 Å². The molecule has 0 aromatic carbocycles. The van der Waals surface area contributed by atoms with Gasteiger partial charge in [0.2, 0.25) is 0 Å². The van der Waals surface area contributed by atoms with Crippen LogP contribution in [0.5, 0.6) is 0 Å². The van der Waals surface area contributed by atoms with Gasteiger partial charge in [-0.15, -0.1) is 0 Å². The van der Waals surface area contributed by atoms with E-state index in [4.69, 9.17) is 10.00 Å². The lowest BCUT2D eigenvalue weighted by molar-refractivity contribution is 0.0303. The Bertz CT molecular complexity index is 514. The number of nitrogens with zero attached hydrogens (tertiary/aromatic N) is 4. The third-order valence-corrected chi connectivity index (χ3v) is 2.78. The number of nitriles is 1. The number of likely N-dealkylation sites (N-methyl/N-ethyl adjacent to an activating group) is 2. The molecule has 21 heavy (non-hydrogen) atoms. The summed E-state index contributed by atoms with van der Waals surface area (Å²) in [4.78, 5) is 19.4. The van der Waals surface area contributed by atoms with E-state index in [1.807, 2.05) is 44.9 Å². The van der Waals surface area contributed by atoms with Crippen LogP contribution in [0.15, 0.2) is 18.3 Å². The Kier molecular flexibility index (Phi) is 5.53. The van der Waals surface area contributed by atoms with Crippen molar-refractivity contribution in [1.82, 2.24) is 9.88 Å². The highest BCUT2D eigenvalue weighted by Gasteiger charge is 2.19. The molecule has 1 aromatic rings. The first-order chi connectivity index (χ1) is 9.73. The highest BCUT2D eigenvalue weighted by Crippen LogP contribution is 2.12. The molecule has 0 aliphatic heterocycles. The standard InChI is InChI=1S/C15H22N4O2/c1-15(2,3)21-14(20)19(5)9-8-18(4)13-7-6-12(10-16)17-11-13/h6-7,11H,8-9H2,1-5H3. The van der Waals surface area contributed by atoms with Crippen molar-refractivity contribution in [1.29, 1.82) is 5.26 Å². The smallest absolute Gasteiger partial charge is 0.410 e. The summed E-state index contributed by atoms with van der Waals surface area (Å²) in [7, 11) is 3.62. The average molecular weight is 290 g/mol. The number of aromatic nitrogens is 1. The molecule has 0 aliphatic rings. The molecule has 1 aromatic heterocycles. The summed E-state index contributed by atoms with van der Waals surface area (Å²) in [6.07, 6.45) is 1.31. The molecule has 6 heteroatoms. The topological polar surface area (TPSA) is 69.5 Å². The van der Waals surface area contributed by atoms with Gasteiger partial charge >= 0.3 is 6.09 Å². The fourth-order valence-corrected chi connectivity index (χ4v) is 1.54. The van der Waals surface area contributed by atoms with Crippen molar-refractivity contribution in [3.8, 4) is 6.07 Å². The van der Waals surface area contributed by atoms with Gasteiger partial charge in [0.05, 0.1) is 11.9 Å². The number of carbonyl (C=O) groups excluding carboxylic acids is 1. The maximum Gasteiger partial charge on any atom is 0.410 e. The molecule has 0 spiro atoms. The van der Waals surface area contributed by atoms with Crippen LogP contribution in [0.4, 0.5) is 10.5 Å². The summed E-state index contributed by atoms with van der Waals surface area (Å²) in [5.41, 5.74) is 0.790. The summed E-state index contributed by atoms with van der Waals surface area (Å²) >= 11 is 0. The Morgan fingerprint density at radius 3 is 2.48 bits per heavy atom. The van der Waals surface area contributed by atoms with Crippen LogP contribution in [0.3, 0.4) is 0 Å². The van der Waals surface area contributed by atoms with E-state index in [1.165, 1.54) is 0 Å². The van der Waals surface area contributed by atoms with Crippen molar-refractivity contribution >= 4 is 11.8 Å². The SMILES string of the molecule is CN(CCN(C)c1ccc(C#N)nc1)C(=O)OC(C)(C)C. The number of amides is 1. The number of anilines is 1. The molecule has 0 saturated carbocycles. The number of ether oxygens (including phenoxy) is 1. The molecule has 1 rings (SSSR count). The molecule has 1 heterocycles. The zero-order valence-electron chi connectivity index (χ0n) is 13.3. The van der Waals surface area contributed by atoms with Crippen LogP contribution in [0.25, 0.3) is 0 Å². The van der Waals surface area contributed by atoms with Crippen LogP contribution in [-0.4, -0.2) is 48.8 Å². The Balaban J connectivity index is 2.50. The van der Waals surface area contributed by atoms with E-state index in [2.05, 4.69) is 4.98 Å².